The van der Waals surface area contributed by atoms with Gasteiger partial charge < -0.3 is 17.7 Å². The van der Waals surface area contributed by atoms with Gasteiger partial charge in [0.15, 0.2) is 9.84 Å². The second-order valence-electron chi connectivity index (χ2n) is 3.74. The van der Waals surface area contributed by atoms with Crippen LogP contribution >= 0.6 is 0 Å². The van der Waals surface area contributed by atoms with Crippen molar-refractivity contribution in [3.05, 3.63) is 24.0 Å². The number of hydrogen-bond donors (Lipinski definition) is 0. The molecule has 0 aromatic heterocycles. The van der Waals surface area contributed by atoms with Crippen LogP contribution in [0.1, 0.15) is 0 Å². The molecule has 0 heterocycles. The van der Waals surface area contributed by atoms with E-state index in [4.69, 9.17) is 4.74 Å². The number of rotatable bonds is 5. The Morgan fingerprint density at radius 1 is 1.26 bits per heavy atom. The summed E-state index contributed by atoms with van der Waals surface area (Å²) in [5.41, 5.74) is -1.33. The van der Waals surface area contributed by atoms with Crippen molar-refractivity contribution in [3.8, 4) is 5.75 Å². The molecule has 0 aliphatic carbocycles. The van der Waals surface area contributed by atoms with Crippen LogP contribution in [0.4, 0.5) is 17.3 Å². The third-order valence-corrected chi connectivity index (χ3v) is 2.96. The molecule has 0 bridgehead atoms. The summed E-state index contributed by atoms with van der Waals surface area (Å²) in [6.07, 6.45) is 0.992. The van der Waals surface area contributed by atoms with E-state index in [9.17, 15) is 25.8 Å². The Balaban J connectivity index is 0.00000324. The normalized spacial score (nSPS) is 11.8. The van der Waals surface area contributed by atoms with E-state index in [1.165, 1.54) is 0 Å². The molecule has 0 amide bonds. The minimum absolute atomic E-state index is 0. The summed E-state index contributed by atoms with van der Waals surface area (Å²) in [5, 5.41) is 0. The molecule has 3 nitrogen and oxygen atoms in total. The minimum atomic E-state index is -5.41. The van der Waals surface area contributed by atoms with Crippen molar-refractivity contribution in [1.82, 2.24) is 0 Å². The maximum atomic E-state index is 13.1. The predicted molar refractivity (Wildman–Crippen MR) is 60.3 cm³/mol. The largest absolute Gasteiger partial charge is 1.00 e. The Morgan fingerprint density at radius 2 is 1.84 bits per heavy atom. The number of sulfone groups is 1. The van der Waals surface area contributed by atoms with E-state index in [0.717, 1.165) is 12.3 Å². The zero-order valence-electron chi connectivity index (χ0n) is 10.4. The van der Waals surface area contributed by atoms with Crippen molar-refractivity contribution >= 4 is 22.3 Å². The zero-order chi connectivity index (χ0) is 14.0. The molecule has 0 N–H and O–H groups in total. The Labute approximate surface area is 151 Å². The third-order valence-electron chi connectivity index (χ3n) is 2.05. The molecule has 0 aliphatic heterocycles. The van der Waals surface area contributed by atoms with Crippen LogP contribution < -0.4 is 61.6 Å². The van der Waals surface area contributed by atoms with Crippen LogP contribution in [-0.4, -0.2) is 34.0 Å². The summed E-state index contributed by atoms with van der Waals surface area (Å²) in [6, 6.07) is 2.12. The Bertz CT molecular complexity index is 533. The van der Waals surface area contributed by atoms with Gasteiger partial charge in [0.25, 0.3) is 0 Å². The summed E-state index contributed by atoms with van der Waals surface area (Å²) in [6.45, 7) is -5.65. The predicted octanol–water partition coefficient (Wildman–Crippen LogP) is -1.69. The van der Waals surface area contributed by atoms with E-state index < -0.39 is 28.1 Å². The molecule has 0 aliphatic rings. The summed E-state index contributed by atoms with van der Waals surface area (Å²) in [5.74, 6) is -1.86. The van der Waals surface area contributed by atoms with Gasteiger partial charge in [0.2, 0.25) is 0 Å². The van der Waals surface area contributed by atoms with Crippen molar-refractivity contribution in [2.24, 2.45) is 0 Å². The summed E-state index contributed by atoms with van der Waals surface area (Å²) < 4.78 is 76.4. The molecule has 0 radical (unpaired) electrons. The second kappa shape index (κ2) is 7.41. The minimum Gasteiger partial charge on any atom is -0.492 e. The molecule has 0 atom stereocenters. The maximum Gasteiger partial charge on any atom is 1.00 e. The van der Waals surface area contributed by atoms with Gasteiger partial charge in [-0.25, -0.2) is 12.8 Å². The fraction of sp³-hybridized carbons (Fsp3) is 0.333. The fourth-order valence-corrected chi connectivity index (χ4v) is 1.56. The zero-order valence-corrected chi connectivity index (χ0v) is 14.3. The summed E-state index contributed by atoms with van der Waals surface area (Å²) in [4.78, 5) is 0. The molecule has 0 saturated carbocycles. The Morgan fingerprint density at radius 3 is 2.26 bits per heavy atom. The topological polar surface area (TPSA) is 43.4 Å². The third kappa shape index (κ3) is 7.09. The summed E-state index contributed by atoms with van der Waals surface area (Å²) in [7, 11) is -3.23. The summed E-state index contributed by atoms with van der Waals surface area (Å²) >= 11 is 0. The van der Waals surface area contributed by atoms with E-state index in [-0.39, 0.29) is 69.5 Å². The molecule has 1 aromatic rings. The van der Waals surface area contributed by atoms with Gasteiger partial charge in [-0.2, -0.15) is 0 Å². The fourth-order valence-electron chi connectivity index (χ4n) is 1.17. The van der Waals surface area contributed by atoms with Crippen LogP contribution in [0.3, 0.4) is 0 Å². The number of benzene rings is 1. The van der Waals surface area contributed by atoms with E-state index in [1.54, 1.807) is 0 Å². The number of ether oxygens (including phenoxy) is 1. The van der Waals surface area contributed by atoms with Gasteiger partial charge >= 0.3 is 58.4 Å². The van der Waals surface area contributed by atoms with Gasteiger partial charge in [0.05, 0.1) is 11.6 Å². The van der Waals surface area contributed by atoms with Crippen LogP contribution in [0, 0.1) is 5.82 Å². The SMILES string of the molecule is CS(=O)(=O)CCOc1ccc([B-](F)(F)F)c(F)c1.[K+]. The molecule has 0 saturated heterocycles. The van der Waals surface area contributed by atoms with Crippen LogP contribution in [0.5, 0.6) is 5.75 Å². The Hall–Kier alpha value is 0.391. The molecular weight excluding hydrogens is 314 g/mol. The first-order valence-corrected chi connectivity index (χ1v) is 6.95. The smallest absolute Gasteiger partial charge is 0.492 e. The van der Waals surface area contributed by atoms with Gasteiger partial charge in [0.1, 0.15) is 12.4 Å². The molecule has 0 spiro atoms. The first kappa shape index (κ1) is 19.4. The first-order chi connectivity index (χ1) is 8.09. The van der Waals surface area contributed by atoms with Crippen LogP contribution in [0.2, 0.25) is 0 Å². The molecule has 0 fully saturated rings. The van der Waals surface area contributed by atoms with Gasteiger partial charge in [-0.3, -0.25) is 0 Å². The number of halogens is 4. The van der Waals surface area contributed by atoms with Gasteiger partial charge in [0, 0.05) is 12.3 Å². The van der Waals surface area contributed by atoms with Gasteiger partial charge in [-0.1, -0.05) is 11.5 Å². The maximum absolute atomic E-state index is 13.1. The molecule has 10 heteroatoms. The van der Waals surface area contributed by atoms with E-state index in [0.29, 0.717) is 12.1 Å². The van der Waals surface area contributed by atoms with Crippen molar-refractivity contribution in [1.29, 1.82) is 0 Å². The van der Waals surface area contributed by atoms with Crippen molar-refractivity contribution in [2.45, 2.75) is 0 Å². The van der Waals surface area contributed by atoms with Crippen LogP contribution in [-0.2, 0) is 9.84 Å². The molecule has 19 heavy (non-hydrogen) atoms. The van der Waals surface area contributed by atoms with Gasteiger partial charge in [-0.15, -0.1) is 0 Å². The van der Waals surface area contributed by atoms with E-state index in [1.807, 2.05) is 0 Å². The molecule has 1 rings (SSSR count). The van der Waals surface area contributed by atoms with E-state index >= 15 is 0 Å². The Kier molecular flexibility index (Phi) is 7.57. The van der Waals surface area contributed by atoms with Crippen LogP contribution in [0.15, 0.2) is 18.2 Å². The molecule has 1 aromatic carbocycles. The van der Waals surface area contributed by atoms with E-state index in [2.05, 4.69) is 0 Å². The number of hydrogen-bond acceptors (Lipinski definition) is 3. The van der Waals surface area contributed by atoms with Crippen molar-refractivity contribution in [2.75, 3.05) is 18.6 Å². The molecular formula is C9H10BF4KO3S. The van der Waals surface area contributed by atoms with Crippen molar-refractivity contribution < 1.29 is 81.9 Å². The monoisotopic (exact) mass is 324 g/mol. The quantitative estimate of drug-likeness (QED) is 0.479. The standard InChI is InChI=1S/C9H10BF4O3S.K/c1-18(15,16)5-4-17-7-2-3-8(9(11)6-7)10(12,13)14;/h2-3,6H,4-5H2,1H3;/q-1;+1. The first-order valence-electron chi connectivity index (χ1n) is 4.89. The van der Waals surface area contributed by atoms with Gasteiger partial charge in [-0.05, 0) is 6.07 Å². The second-order valence-corrected chi connectivity index (χ2v) is 6.00. The average Bonchev–Trinajstić information content (AvgIpc) is 2.13. The van der Waals surface area contributed by atoms with Crippen molar-refractivity contribution in [3.63, 3.8) is 0 Å². The molecule has 0 unspecified atom stereocenters. The molecule has 102 valence electrons. The van der Waals surface area contributed by atoms with Crippen LogP contribution in [0.25, 0.3) is 0 Å². The average molecular weight is 324 g/mol.